The molecule has 2 amide bonds. The van der Waals surface area contributed by atoms with Crippen LogP contribution in [0.15, 0.2) is 51.8 Å². The van der Waals surface area contributed by atoms with Gasteiger partial charge in [0.1, 0.15) is 4.90 Å². The van der Waals surface area contributed by atoms with Crippen LogP contribution in [0, 0.1) is 6.92 Å². The number of carbonyl (C=O) groups excluding carboxylic acids is 2. The molecule has 2 aromatic carbocycles. The van der Waals surface area contributed by atoms with Crippen molar-refractivity contribution in [3.05, 3.63) is 57.5 Å². The molecule has 0 aromatic heterocycles. The quantitative estimate of drug-likeness (QED) is 0.531. The molecule has 2 rings (SSSR count). The topological polar surface area (TPSA) is 104 Å². The summed E-state index contributed by atoms with van der Waals surface area (Å²) in [7, 11) is -3.81. The predicted molar refractivity (Wildman–Crippen MR) is 112 cm³/mol. The molecule has 0 radical (unpaired) electrons. The summed E-state index contributed by atoms with van der Waals surface area (Å²) >= 11 is 9.25. The van der Waals surface area contributed by atoms with Crippen molar-refractivity contribution in [3.8, 4) is 0 Å². The van der Waals surface area contributed by atoms with Crippen LogP contribution in [-0.2, 0) is 19.6 Å². The summed E-state index contributed by atoms with van der Waals surface area (Å²) in [6, 6.07) is 11.4. The molecule has 7 nitrogen and oxygen atoms in total. The number of sulfonamides is 1. The van der Waals surface area contributed by atoms with Gasteiger partial charge in [-0.1, -0.05) is 39.7 Å². The molecule has 2 aromatic rings. The Morgan fingerprint density at radius 1 is 1.11 bits per heavy atom. The van der Waals surface area contributed by atoms with E-state index in [1.807, 2.05) is 13.0 Å². The van der Waals surface area contributed by atoms with Gasteiger partial charge in [0.05, 0.1) is 11.6 Å². The van der Waals surface area contributed by atoms with E-state index in [-0.39, 0.29) is 35.3 Å². The standard InChI is InChI=1S/C18H19BrClN3O4S/c1-12-10-13(6-7-14(12)19)23-18(25)11-21-17(24)8-9-22-28(26,27)16-5-3-2-4-15(16)20/h2-7,10,22H,8-9,11H2,1H3,(H,21,24)(H,23,25). The van der Waals surface area contributed by atoms with Gasteiger partial charge in [0.2, 0.25) is 21.8 Å². The second-order valence-corrected chi connectivity index (χ2v) is 8.86. The lowest BCUT2D eigenvalue weighted by Gasteiger charge is -2.09. The molecular formula is C18H19BrClN3O4S. The van der Waals surface area contributed by atoms with Crippen LogP contribution in [0.2, 0.25) is 5.02 Å². The largest absolute Gasteiger partial charge is 0.347 e. The van der Waals surface area contributed by atoms with Crippen LogP contribution in [0.25, 0.3) is 0 Å². The van der Waals surface area contributed by atoms with Crippen LogP contribution in [0.4, 0.5) is 5.69 Å². The highest BCUT2D eigenvalue weighted by Gasteiger charge is 2.17. The van der Waals surface area contributed by atoms with Gasteiger partial charge in [-0.2, -0.15) is 0 Å². The van der Waals surface area contributed by atoms with E-state index in [0.29, 0.717) is 5.69 Å². The van der Waals surface area contributed by atoms with E-state index >= 15 is 0 Å². The third-order valence-corrected chi connectivity index (χ3v) is 6.51. The number of nitrogens with one attached hydrogen (secondary N) is 3. The fraction of sp³-hybridized carbons (Fsp3) is 0.222. The Hall–Kier alpha value is -1.94. The van der Waals surface area contributed by atoms with Crippen LogP contribution in [0.3, 0.4) is 0 Å². The summed E-state index contributed by atoms with van der Waals surface area (Å²) in [5.74, 6) is -0.837. The predicted octanol–water partition coefficient (Wildman–Crippen LogP) is 2.83. The highest BCUT2D eigenvalue weighted by molar-refractivity contribution is 9.10. The van der Waals surface area contributed by atoms with Crippen LogP contribution in [-0.4, -0.2) is 33.3 Å². The molecule has 0 saturated heterocycles. The van der Waals surface area contributed by atoms with Gasteiger partial charge in [-0.3, -0.25) is 9.59 Å². The molecule has 0 heterocycles. The average molecular weight is 489 g/mol. The molecule has 0 spiro atoms. The van der Waals surface area contributed by atoms with Gasteiger partial charge in [-0.25, -0.2) is 13.1 Å². The van der Waals surface area contributed by atoms with Crippen LogP contribution in [0.1, 0.15) is 12.0 Å². The second-order valence-electron chi connectivity index (χ2n) is 5.87. The van der Waals surface area contributed by atoms with E-state index in [1.54, 1.807) is 24.3 Å². The van der Waals surface area contributed by atoms with Gasteiger partial charge in [0.15, 0.2) is 0 Å². The first-order chi connectivity index (χ1) is 13.2. The van der Waals surface area contributed by atoms with Crippen molar-refractivity contribution in [1.29, 1.82) is 0 Å². The lowest BCUT2D eigenvalue weighted by Crippen LogP contribution is -2.35. The SMILES string of the molecule is Cc1cc(NC(=O)CNC(=O)CCNS(=O)(=O)c2ccccc2Cl)ccc1Br. The first-order valence-electron chi connectivity index (χ1n) is 8.26. The van der Waals surface area contributed by atoms with Crippen molar-refractivity contribution in [2.24, 2.45) is 0 Å². The molecule has 0 aliphatic rings. The van der Waals surface area contributed by atoms with Crippen LogP contribution >= 0.6 is 27.5 Å². The molecule has 28 heavy (non-hydrogen) atoms. The lowest BCUT2D eigenvalue weighted by molar-refractivity contribution is -0.124. The summed E-state index contributed by atoms with van der Waals surface area (Å²) < 4.78 is 27.6. The zero-order valence-electron chi connectivity index (χ0n) is 15.0. The van der Waals surface area contributed by atoms with Gasteiger partial charge in [-0.05, 0) is 42.8 Å². The number of hydrogen-bond acceptors (Lipinski definition) is 4. The van der Waals surface area contributed by atoms with E-state index in [1.165, 1.54) is 12.1 Å². The van der Waals surface area contributed by atoms with Gasteiger partial charge in [0, 0.05) is 23.1 Å². The Bertz CT molecular complexity index is 983. The number of amides is 2. The minimum Gasteiger partial charge on any atom is -0.347 e. The molecule has 3 N–H and O–H groups in total. The Morgan fingerprint density at radius 3 is 2.50 bits per heavy atom. The van der Waals surface area contributed by atoms with E-state index in [4.69, 9.17) is 11.6 Å². The minimum atomic E-state index is -3.81. The van der Waals surface area contributed by atoms with E-state index in [9.17, 15) is 18.0 Å². The molecule has 0 aliphatic carbocycles. The smallest absolute Gasteiger partial charge is 0.243 e. The normalized spacial score (nSPS) is 11.1. The summed E-state index contributed by atoms with van der Waals surface area (Å²) in [6.45, 7) is 1.56. The number of aryl methyl sites for hydroxylation is 1. The van der Waals surface area contributed by atoms with Crippen molar-refractivity contribution in [2.45, 2.75) is 18.2 Å². The fourth-order valence-electron chi connectivity index (χ4n) is 2.23. The van der Waals surface area contributed by atoms with Crippen LogP contribution in [0.5, 0.6) is 0 Å². The number of halogens is 2. The highest BCUT2D eigenvalue weighted by atomic mass is 79.9. The summed E-state index contributed by atoms with van der Waals surface area (Å²) in [5, 5.41) is 5.21. The Kier molecular flexibility index (Phi) is 7.99. The van der Waals surface area contributed by atoms with Crippen molar-refractivity contribution < 1.29 is 18.0 Å². The Labute approximate surface area is 177 Å². The van der Waals surface area contributed by atoms with Crippen LogP contribution < -0.4 is 15.4 Å². The molecule has 10 heteroatoms. The maximum absolute atomic E-state index is 12.2. The maximum atomic E-state index is 12.2. The molecule has 0 unspecified atom stereocenters. The monoisotopic (exact) mass is 487 g/mol. The van der Waals surface area contributed by atoms with Gasteiger partial charge in [-0.15, -0.1) is 0 Å². The third-order valence-electron chi connectivity index (χ3n) is 3.66. The second kappa shape index (κ2) is 10.0. The Morgan fingerprint density at radius 2 is 1.82 bits per heavy atom. The lowest BCUT2D eigenvalue weighted by atomic mass is 10.2. The summed E-state index contributed by atoms with van der Waals surface area (Å²) in [5.41, 5.74) is 1.58. The van der Waals surface area contributed by atoms with E-state index in [0.717, 1.165) is 10.0 Å². The average Bonchev–Trinajstić information content (AvgIpc) is 2.63. The highest BCUT2D eigenvalue weighted by Crippen LogP contribution is 2.20. The molecule has 0 saturated carbocycles. The molecule has 0 atom stereocenters. The number of benzene rings is 2. The molecule has 0 aliphatic heterocycles. The molecule has 0 bridgehead atoms. The maximum Gasteiger partial charge on any atom is 0.243 e. The number of carbonyl (C=O) groups is 2. The molecule has 0 fully saturated rings. The summed E-state index contributed by atoms with van der Waals surface area (Å²) in [6.07, 6.45) is -0.117. The molecule has 150 valence electrons. The number of hydrogen-bond donors (Lipinski definition) is 3. The summed E-state index contributed by atoms with van der Waals surface area (Å²) in [4.78, 5) is 23.7. The number of rotatable bonds is 8. The molecular weight excluding hydrogens is 470 g/mol. The van der Waals surface area contributed by atoms with Gasteiger partial charge >= 0.3 is 0 Å². The first-order valence-corrected chi connectivity index (χ1v) is 10.9. The Balaban J connectivity index is 1.76. The third kappa shape index (κ3) is 6.59. The van der Waals surface area contributed by atoms with Crippen molar-refractivity contribution in [2.75, 3.05) is 18.4 Å². The van der Waals surface area contributed by atoms with E-state index in [2.05, 4.69) is 31.3 Å². The van der Waals surface area contributed by atoms with Crippen molar-refractivity contribution in [3.63, 3.8) is 0 Å². The first kappa shape index (κ1) is 22.4. The zero-order valence-corrected chi connectivity index (χ0v) is 18.1. The fourth-order valence-corrected chi connectivity index (χ4v) is 4.03. The van der Waals surface area contributed by atoms with Crippen molar-refractivity contribution in [1.82, 2.24) is 10.0 Å². The van der Waals surface area contributed by atoms with Crippen molar-refractivity contribution >= 4 is 55.1 Å². The number of anilines is 1. The zero-order chi connectivity index (χ0) is 20.7. The van der Waals surface area contributed by atoms with Gasteiger partial charge < -0.3 is 10.6 Å². The minimum absolute atomic E-state index is 0.0544. The van der Waals surface area contributed by atoms with E-state index < -0.39 is 15.9 Å². The van der Waals surface area contributed by atoms with Gasteiger partial charge in [0.25, 0.3) is 0 Å².